The van der Waals surface area contributed by atoms with Crippen LogP contribution in [0.3, 0.4) is 0 Å². The van der Waals surface area contributed by atoms with Crippen molar-refractivity contribution in [2.45, 2.75) is 83.3 Å². The van der Waals surface area contributed by atoms with E-state index in [1.54, 1.807) is 0 Å². The van der Waals surface area contributed by atoms with E-state index in [0.717, 1.165) is 71.0 Å². The molecular weight excluding hydrogens is 376 g/mol. The van der Waals surface area contributed by atoms with E-state index in [1.165, 1.54) is 5.57 Å². The first-order valence-electron chi connectivity index (χ1n) is 12.1. The molecule has 3 rings (SSSR count). The minimum absolute atomic E-state index is 0.190. The molecule has 2 aliphatic carbocycles. The van der Waals surface area contributed by atoms with Crippen LogP contribution in [0.2, 0.25) is 0 Å². The topological polar surface area (TPSA) is 72.8 Å². The molecule has 1 amide bonds. The van der Waals surface area contributed by atoms with Gasteiger partial charge in [-0.05, 0) is 70.3 Å². The van der Waals surface area contributed by atoms with Crippen LogP contribution in [0.1, 0.15) is 71.6 Å². The van der Waals surface area contributed by atoms with Gasteiger partial charge in [-0.15, -0.1) is 0 Å². The molecule has 1 saturated heterocycles. The number of fused-ring (bicyclic) bond motifs is 1. The van der Waals surface area contributed by atoms with Crippen molar-refractivity contribution in [3.63, 3.8) is 0 Å². The van der Waals surface area contributed by atoms with E-state index in [4.69, 9.17) is 0 Å². The number of allylic oxidation sites excluding steroid dienone is 1. The quantitative estimate of drug-likeness (QED) is 0.355. The summed E-state index contributed by atoms with van der Waals surface area (Å²) in [7, 11) is 0. The van der Waals surface area contributed by atoms with Crippen LogP contribution in [-0.2, 0) is 4.79 Å². The van der Waals surface area contributed by atoms with Gasteiger partial charge in [0.2, 0.25) is 5.91 Å². The first kappa shape index (κ1) is 23.5. The summed E-state index contributed by atoms with van der Waals surface area (Å²) in [4.78, 5) is 14.1. The molecule has 0 bridgehead atoms. The van der Waals surface area contributed by atoms with Crippen LogP contribution in [0.15, 0.2) is 23.8 Å². The number of unbranched alkanes of at least 4 members (excludes halogenated alkanes) is 1. The molecule has 30 heavy (non-hydrogen) atoms. The maximum absolute atomic E-state index is 12.1. The van der Waals surface area contributed by atoms with Crippen molar-refractivity contribution in [2.24, 2.45) is 17.8 Å². The zero-order valence-corrected chi connectivity index (χ0v) is 19.0. The van der Waals surface area contributed by atoms with Gasteiger partial charge in [-0.25, -0.2) is 0 Å². The number of rotatable bonds is 11. The van der Waals surface area contributed by atoms with Crippen LogP contribution < -0.4 is 5.32 Å². The number of hydrogen-bond donors (Lipinski definition) is 3. The summed E-state index contributed by atoms with van der Waals surface area (Å²) in [5, 5.41) is 24.3. The zero-order valence-electron chi connectivity index (χ0n) is 19.0. The summed E-state index contributed by atoms with van der Waals surface area (Å²) in [6.07, 6.45) is 15.1. The summed E-state index contributed by atoms with van der Waals surface area (Å²) in [5.74, 6) is 1.37. The first-order valence-corrected chi connectivity index (χ1v) is 12.1. The lowest BCUT2D eigenvalue weighted by atomic mass is 9.88. The molecule has 3 aliphatic rings. The molecule has 1 heterocycles. The van der Waals surface area contributed by atoms with Crippen LogP contribution in [0.5, 0.6) is 0 Å². The number of aliphatic hydroxyl groups is 2. The van der Waals surface area contributed by atoms with Crippen molar-refractivity contribution >= 4 is 5.91 Å². The Labute approximate surface area is 182 Å². The predicted octanol–water partition coefficient (Wildman–Crippen LogP) is 3.42. The summed E-state index contributed by atoms with van der Waals surface area (Å²) >= 11 is 0. The van der Waals surface area contributed by atoms with E-state index < -0.39 is 5.60 Å². The molecule has 0 unspecified atom stereocenters. The summed E-state index contributed by atoms with van der Waals surface area (Å²) in [6.45, 7) is 7.18. The van der Waals surface area contributed by atoms with E-state index >= 15 is 0 Å². The van der Waals surface area contributed by atoms with Crippen molar-refractivity contribution in [2.75, 3.05) is 26.2 Å². The summed E-state index contributed by atoms with van der Waals surface area (Å²) in [6, 6.07) is 0. The van der Waals surface area contributed by atoms with Gasteiger partial charge in [0.1, 0.15) is 0 Å². The molecule has 0 spiro atoms. The normalized spacial score (nSPS) is 30.7. The second kappa shape index (κ2) is 10.9. The van der Waals surface area contributed by atoms with Crippen LogP contribution in [0, 0.1) is 17.8 Å². The first-order chi connectivity index (χ1) is 14.4. The van der Waals surface area contributed by atoms with Crippen molar-refractivity contribution in [1.29, 1.82) is 0 Å². The largest absolute Gasteiger partial charge is 0.392 e. The Kier molecular flexibility index (Phi) is 8.55. The molecule has 5 nitrogen and oxygen atoms in total. The van der Waals surface area contributed by atoms with E-state index in [9.17, 15) is 15.0 Å². The fraction of sp³-hybridized carbons (Fsp3) is 0.800. The SMILES string of the molecule is CCCC[C@](C)(O)CC=C[C@@H]1[C@H]2CC(CCNCC(=O)N3CCCC3)=C[C@H]2C[C@H]1O. The summed E-state index contributed by atoms with van der Waals surface area (Å²) in [5.41, 5.74) is 0.818. The summed E-state index contributed by atoms with van der Waals surface area (Å²) < 4.78 is 0. The smallest absolute Gasteiger partial charge is 0.236 e. The van der Waals surface area contributed by atoms with Crippen molar-refractivity contribution in [3.05, 3.63) is 23.8 Å². The fourth-order valence-electron chi connectivity index (χ4n) is 5.45. The van der Waals surface area contributed by atoms with Gasteiger partial charge in [-0.3, -0.25) is 4.79 Å². The van der Waals surface area contributed by atoms with E-state index in [2.05, 4.69) is 30.5 Å². The van der Waals surface area contributed by atoms with Gasteiger partial charge in [0, 0.05) is 19.0 Å². The highest BCUT2D eigenvalue weighted by Crippen LogP contribution is 2.48. The monoisotopic (exact) mass is 418 g/mol. The number of carbonyl (C=O) groups excluding carboxylic acids is 1. The zero-order chi connectivity index (χ0) is 21.6. The standard InChI is InChI=1S/C25H42N2O3/c1-3-4-10-25(2,30)11-7-8-21-22-16-19(15-20(22)17-23(21)28)9-12-26-18-24(29)27-13-5-6-14-27/h7-8,15,20-23,26,28,30H,3-6,9-14,16-18H2,1-2H3/t20-,21+,22-,23+,25-/m0/s1. The van der Waals surface area contributed by atoms with E-state index in [-0.39, 0.29) is 17.9 Å². The molecule has 1 aliphatic heterocycles. The second-order valence-corrected chi connectivity index (χ2v) is 9.98. The minimum atomic E-state index is -0.646. The molecule has 170 valence electrons. The van der Waals surface area contributed by atoms with E-state index in [0.29, 0.717) is 24.8 Å². The van der Waals surface area contributed by atoms with Gasteiger partial charge in [-0.2, -0.15) is 0 Å². The second-order valence-electron chi connectivity index (χ2n) is 9.98. The third kappa shape index (κ3) is 6.41. The highest BCUT2D eigenvalue weighted by molar-refractivity contribution is 5.78. The fourth-order valence-corrected chi connectivity index (χ4v) is 5.45. The molecule has 3 N–H and O–H groups in total. The number of likely N-dealkylation sites (tertiary alicyclic amines) is 1. The lowest BCUT2D eigenvalue weighted by Gasteiger charge is -2.22. The number of aliphatic hydroxyl groups excluding tert-OH is 1. The third-order valence-corrected chi connectivity index (χ3v) is 7.29. The molecule has 5 atom stereocenters. The molecule has 5 heteroatoms. The molecule has 0 radical (unpaired) electrons. The Morgan fingerprint density at radius 2 is 2.13 bits per heavy atom. The van der Waals surface area contributed by atoms with Gasteiger partial charge >= 0.3 is 0 Å². The Bertz CT molecular complexity index is 622. The highest BCUT2D eigenvalue weighted by Gasteiger charge is 2.43. The third-order valence-electron chi connectivity index (χ3n) is 7.29. The van der Waals surface area contributed by atoms with E-state index in [1.807, 2.05) is 11.8 Å². The maximum Gasteiger partial charge on any atom is 0.236 e. The molecule has 0 aromatic rings. The average Bonchev–Trinajstić information content (AvgIpc) is 3.42. The Hall–Kier alpha value is -1.17. The Balaban J connectivity index is 1.40. The molecular formula is C25H42N2O3. The number of nitrogens with zero attached hydrogens (tertiary/aromatic N) is 1. The molecule has 1 saturated carbocycles. The van der Waals surface area contributed by atoms with Gasteiger partial charge in [0.25, 0.3) is 0 Å². The number of nitrogens with one attached hydrogen (secondary N) is 1. The van der Waals surface area contributed by atoms with Crippen LogP contribution in [0.4, 0.5) is 0 Å². The van der Waals surface area contributed by atoms with Crippen molar-refractivity contribution in [1.82, 2.24) is 10.2 Å². The van der Waals surface area contributed by atoms with Crippen molar-refractivity contribution in [3.8, 4) is 0 Å². The minimum Gasteiger partial charge on any atom is -0.392 e. The number of carbonyl (C=O) groups is 1. The van der Waals surface area contributed by atoms with Crippen LogP contribution >= 0.6 is 0 Å². The van der Waals surface area contributed by atoms with Crippen molar-refractivity contribution < 1.29 is 15.0 Å². The lowest BCUT2D eigenvalue weighted by molar-refractivity contribution is -0.129. The average molecular weight is 419 g/mol. The highest BCUT2D eigenvalue weighted by atomic mass is 16.3. The molecule has 0 aromatic carbocycles. The maximum atomic E-state index is 12.1. The van der Waals surface area contributed by atoms with Gasteiger partial charge in [0.15, 0.2) is 0 Å². The van der Waals surface area contributed by atoms with Gasteiger partial charge in [0.05, 0.1) is 18.2 Å². The number of hydrogen-bond acceptors (Lipinski definition) is 4. The molecule has 2 fully saturated rings. The van der Waals surface area contributed by atoms with Gasteiger partial charge < -0.3 is 20.4 Å². The Morgan fingerprint density at radius 1 is 1.37 bits per heavy atom. The molecule has 0 aromatic heterocycles. The van der Waals surface area contributed by atoms with Crippen LogP contribution in [0.25, 0.3) is 0 Å². The lowest BCUT2D eigenvalue weighted by Crippen LogP contribution is -2.36. The number of amides is 1. The van der Waals surface area contributed by atoms with Crippen LogP contribution in [-0.4, -0.2) is 58.9 Å². The predicted molar refractivity (Wildman–Crippen MR) is 121 cm³/mol. The Morgan fingerprint density at radius 3 is 2.87 bits per heavy atom. The van der Waals surface area contributed by atoms with Gasteiger partial charge in [-0.1, -0.05) is 43.6 Å².